The predicted octanol–water partition coefficient (Wildman–Crippen LogP) is 2.90. The first-order valence-electron chi connectivity index (χ1n) is 5.25. The third-order valence-corrected chi connectivity index (χ3v) is 2.62. The molecule has 0 amide bonds. The molecule has 0 aliphatic carbocycles. The van der Waals surface area contributed by atoms with Gasteiger partial charge in [0.1, 0.15) is 11.6 Å². The van der Waals surface area contributed by atoms with Crippen LogP contribution in [0.3, 0.4) is 0 Å². The van der Waals surface area contributed by atoms with Gasteiger partial charge in [-0.1, -0.05) is 6.07 Å². The van der Waals surface area contributed by atoms with Crippen LogP contribution >= 0.6 is 0 Å². The minimum atomic E-state index is -0.438. The van der Waals surface area contributed by atoms with Crippen molar-refractivity contribution in [2.45, 2.75) is 32.2 Å². The molecule has 0 radical (unpaired) electrons. The van der Waals surface area contributed by atoms with Crippen LogP contribution in [0.4, 0.5) is 8.78 Å². The molecule has 84 valence electrons. The van der Waals surface area contributed by atoms with Gasteiger partial charge in [0.15, 0.2) is 0 Å². The zero-order valence-corrected chi connectivity index (χ0v) is 9.19. The molecule has 15 heavy (non-hydrogen) atoms. The fourth-order valence-electron chi connectivity index (χ4n) is 1.50. The van der Waals surface area contributed by atoms with E-state index in [0.29, 0.717) is 12.5 Å². The molecule has 1 N–H and O–H groups in total. The van der Waals surface area contributed by atoms with Gasteiger partial charge < -0.3 is 5.32 Å². The molecule has 0 saturated heterocycles. The van der Waals surface area contributed by atoms with Gasteiger partial charge in [-0.3, -0.25) is 0 Å². The maximum Gasteiger partial charge on any atom is 0.129 e. The maximum absolute atomic E-state index is 13.2. The van der Waals surface area contributed by atoms with Crippen LogP contribution in [-0.2, 0) is 6.42 Å². The van der Waals surface area contributed by atoms with Crippen LogP contribution in [0.25, 0.3) is 0 Å². The summed E-state index contributed by atoms with van der Waals surface area (Å²) in [7, 11) is 1.88. The van der Waals surface area contributed by atoms with Gasteiger partial charge in [0.05, 0.1) is 0 Å². The van der Waals surface area contributed by atoms with Crippen molar-refractivity contribution >= 4 is 0 Å². The Morgan fingerprint density at radius 2 is 1.87 bits per heavy atom. The van der Waals surface area contributed by atoms with E-state index in [1.54, 1.807) is 0 Å². The zero-order valence-electron chi connectivity index (χ0n) is 9.19. The molecular formula is C12H17F2N. The van der Waals surface area contributed by atoms with Gasteiger partial charge in [0.2, 0.25) is 0 Å². The summed E-state index contributed by atoms with van der Waals surface area (Å²) in [6.45, 7) is 2.05. The molecule has 0 saturated carbocycles. The van der Waals surface area contributed by atoms with Crippen LogP contribution in [-0.4, -0.2) is 13.1 Å². The van der Waals surface area contributed by atoms with E-state index >= 15 is 0 Å². The quantitative estimate of drug-likeness (QED) is 0.793. The Labute approximate surface area is 89.5 Å². The first-order valence-corrected chi connectivity index (χ1v) is 5.25. The number of halogens is 2. The smallest absolute Gasteiger partial charge is 0.129 e. The average molecular weight is 213 g/mol. The van der Waals surface area contributed by atoms with Crippen LogP contribution < -0.4 is 5.32 Å². The van der Waals surface area contributed by atoms with Gasteiger partial charge in [-0.2, -0.15) is 0 Å². The van der Waals surface area contributed by atoms with Gasteiger partial charge in [-0.15, -0.1) is 0 Å². The third-order valence-electron chi connectivity index (χ3n) is 2.62. The van der Waals surface area contributed by atoms with E-state index in [-0.39, 0.29) is 5.56 Å². The van der Waals surface area contributed by atoms with Gasteiger partial charge in [-0.05, 0) is 45.4 Å². The fraction of sp³-hybridized carbons (Fsp3) is 0.500. The average Bonchev–Trinajstić information content (AvgIpc) is 2.22. The Bertz CT molecular complexity index is 292. The fourth-order valence-corrected chi connectivity index (χ4v) is 1.50. The number of rotatable bonds is 5. The van der Waals surface area contributed by atoms with Crippen LogP contribution in [0.15, 0.2) is 18.2 Å². The van der Waals surface area contributed by atoms with E-state index in [2.05, 4.69) is 12.2 Å². The monoisotopic (exact) mass is 213 g/mol. The molecule has 1 nitrogen and oxygen atoms in total. The molecule has 0 fully saturated rings. The van der Waals surface area contributed by atoms with Crippen LogP contribution in [0.5, 0.6) is 0 Å². The molecular weight excluding hydrogens is 196 g/mol. The lowest BCUT2D eigenvalue weighted by molar-refractivity contribution is 0.514. The summed E-state index contributed by atoms with van der Waals surface area (Å²) in [6, 6.07) is 4.39. The molecule has 1 unspecified atom stereocenters. The Hall–Kier alpha value is -0.960. The highest BCUT2D eigenvalue weighted by Gasteiger charge is 2.08. The zero-order chi connectivity index (χ0) is 11.3. The van der Waals surface area contributed by atoms with Crippen molar-refractivity contribution in [1.29, 1.82) is 0 Å². The lowest BCUT2D eigenvalue weighted by Gasteiger charge is -2.10. The first kappa shape index (κ1) is 12.1. The van der Waals surface area contributed by atoms with Gasteiger partial charge in [0, 0.05) is 11.6 Å². The number of nitrogens with one attached hydrogen (secondary N) is 1. The van der Waals surface area contributed by atoms with E-state index < -0.39 is 11.6 Å². The molecule has 1 aromatic carbocycles. The highest BCUT2D eigenvalue weighted by Crippen LogP contribution is 2.15. The molecule has 1 rings (SSSR count). The lowest BCUT2D eigenvalue weighted by Crippen LogP contribution is -2.20. The van der Waals surface area contributed by atoms with Crippen molar-refractivity contribution in [3.05, 3.63) is 35.4 Å². The summed E-state index contributed by atoms with van der Waals surface area (Å²) < 4.78 is 26.4. The highest BCUT2D eigenvalue weighted by atomic mass is 19.1. The maximum atomic E-state index is 13.2. The Morgan fingerprint density at radius 1 is 1.27 bits per heavy atom. The standard InChI is InChI=1S/C12H17F2N/c1-9(15-2)5-3-6-10-11(13)7-4-8-12(10)14/h4,7-9,15H,3,5-6H2,1-2H3. The van der Waals surface area contributed by atoms with E-state index in [4.69, 9.17) is 0 Å². The Balaban J connectivity index is 2.50. The summed E-state index contributed by atoms with van der Waals surface area (Å²) in [5.41, 5.74) is 0.209. The summed E-state index contributed by atoms with van der Waals surface area (Å²) >= 11 is 0. The van der Waals surface area contributed by atoms with Crippen molar-refractivity contribution < 1.29 is 8.78 Å². The largest absolute Gasteiger partial charge is 0.317 e. The summed E-state index contributed by atoms with van der Waals surface area (Å²) in [5, 5.41) is 3.09. The van der Waals surface area contributed by atoms with Crippen molar-refractivity contribution in [2.75, 3.05) is 7.05 Å². The Morgan fingerprint density at radius 3 is 2.40 bits per heavy atom. The molecule has 0 bridgehead atoms. The minimum absolute atomic E-state index is 0.209. The minimum Gasteiger partial charge on any atom is -0.317 e. The molecule has 0 aliphatic heterocycles. The SMILES string of the molecule is CNC(C)CCCc1c(F)cccc1F. The van der Waals surface area contributed by atoms with E-state index in [9.17, 15) is 8.78 Å². The van der Waals surface area contributed by atoms with E-state index in [1.165, 1.54) is 18.2 Å². The summed E-state index contributed by atoms with van der Waals surface area (Å²) in [4.78, 5) is 0. The highest BCUT2D eigenvalue weighted by molar-refractivity contribution is 5.19. The molecule has 0 spiro atoms. The van der Waals surface area contributed by atoms with Crippen molar-refractivity contribution in [2.24, 2.45) is 0 Å². The van der Waals surface area contributed by atoms with Crippen molar-refractivity contribution in [3.8, 4) is 0 Å². The lowest BCUT2D eigenvalue weighted by atomic mass is 10.0. The normalized spacial score (nSPS) is 12.8. The second kappa shape index (κ2) is 5.81. The predicted molar refractivity (Wildman–Crippen MR) is 57.8 cm³/mol. The van der Waals surface area contributed by atoms with Gasteiger partial charge in [-0.25, -0.2) is 8.78 Å². The molecule has 0 aromatic heterocycles. The van der Waals surface area contributed by atoms with Crippen molar-refractivity contribution in [1.82, 2.24) is 5.32 Å². The molecule has 3 heteroatoms. The number of hydrogen-bond donors (Lipinski definition) is 1. The van der Waals surface area contributed by atoms with Gasteiger partial charge in [0.25, 0.3) is 0 Å². The Kier molecular flexibility index (Phi) is 4.69. The van der Waals surface area contributed by atoms with Gasteiger partial charge >= 0.3 is 0 Å². The molecule has 1 atom stereocenters. The first-order chi connectivity index (χ1) is 7.15. The van der Waals surface area contributed by atoms with Crippen molar-refractivity contribution in [3.63, 3.8) is 0 Å². The van der Waals surface area contributed by atoms with Crippen LogP contribution in [0, 0.1) is 11.6 Å². The second-order valence-electron chi connectivity index (χ2n) is 3.78. The molecule has 0 aliphatic rings. The molecule has 1 aromatic rings. The molecule has 0 heterocycles. The summed E-state index contributed by atoms with van der Waals surface area (Å²) in [6.07, 6.45) is 2.18. The number of hydrogen-bond acceptors (Lipinski definition) is 1. The van der Waals surface area contributed by atoms with E-state index in [0.717, 1.165) is 12.8 Å². The van der Waals surface area contributed by atoms with Crippen LogP contribution in [0.1, 0.15) is 25.3 Å². The topological polar surface area (TPSA) is 12.0 Å². The van der Waals surface area contributed by atoms with E-state index in [1.807, 2.05) is 7.05 Å². The second-order valence-corrected chi connectivity index (χ2v) is 3.78. The third kappa shape index (κ3) is 3.59. The van der Waals surface area contributed by atoms with Crippen LogP contribution in [0.2, 0.25) is 0 Å². The number of benzene rings is 1. The summed E-state index contributed by atoms with van der Waals surface area (Å²) in [5.74, 6) is -0.876.